The molecule has 0 saturated carbocycles. The molecule has 1 aliphatic heterocycles. The molecule has 32 heavy (non-hydrogen) atoms. The van der Waals surface area contributed by atoms with E-state index in [-0.39, 0.29) is 18.9 Å². The summed E-state index contributed by atoms with van der Waals surface area (Å²) in [4.78, 5) is 22.9. The molecule has 9 nitrogen and oxygen atoms in total. The Bertz CT molecular complexity index is 518. The molecule has 1 aliphatic rings. The summed E-state index contributed by atoms with van der Waals surface area (Å²) in [6.45, 7) is 9.61. The number of aliphatic carboxylic acids is 1. The van der Waals surface area contributed by atoms with Crippen LogP contribution in [0, 0.1) is 0 Å². The van der Waals surface area contributed by atoms with Gasteiger partial charge in [-0.15, -0.1) is 0 Å². The minimum Gasteiger partial charge on any atom is -0.481 e. The lowest BCUT2D eigenvalue weighted by Gasteiger charge is -2.46. The van der Waals surface area contributed by atoms with Crippen molar-refractivity contribution < 1.29 is 38.4 Å². The van der Waals surface area contributed by atoms with Gasteiger partial charge in [0.1, 0.15) is 24.4 Å². The summed E-state index contributed by atoms with van der Waals surface area (Å²) < 4.78 is 30.2. The van der Waals surface area contributed by atoms with E-state index in [0.29, 0.717) is 26.4 Å². The lowest BCUT2D eigenvalue weighted by Crippen LogP contribution is -2.66. The monoisotopic (exact) mass is 461 g/mol. The Balaban J connectivity index is 3.08. The maximum atomic E-state index is 12.0. The number of carboxylic acids is 1. The molecule has 0 aliphatic carbocycles. The molecule has 0 radical (unpaired) electrons. The van der Waals surface area contributed by atoms with E-state index in [0.717, 1.165) is 38.5 Å². The number of carbonyl (C=O) groups is 2. The summed E-state index contributed by atoms with van der Waals surface area (Å²) in [5.74, 6) is -1.22. The Morgan fingerprint density at radius 1 is 0.875 bits per heavy atom. The number of hydrogen-bond acceptors (Lipinski definition) is 7. The van der Waals surface area contributed by atoms with Gasteiger partial charge in [0.15, 0.2) is 6.29 Å². The van der Waals surface area contributed by atoms with Crippen LogP contribution in [-0.4, -0.2) is 80.7 Å². The second-order valence-electron chi connectivity index (χ2n) is 8.09. The molecule has 0 aromatic rings. The van der Waals surface area contributed by atoms with Gasteiger partial charge in [0.2, 0.25) is 5.91 Å². The summed E-state index contributed by atoms with van der Waals surface area (Å²) in [6.07, 6.45) is 3.24. The summed E-state index contributed by atoms with van der Waals surface area (Å²) in [5, 5.41) is 11.9. The average Bonchev–Trinajstić information content (AvgIpc) is 2.74. The number of nitrogens with one attached hydrogen (secondary N) is 1. The predicted molar refractivity (Wildman–Crippen MR) is 119 cm³/mol. The lowest BCUT2D eigenvalue weighted by molar-refractivity contribution is -0.287. The van der Waals surface area contributed by atoms with E-state index in [1.165, 1.54) is 6.92 Å². The second kappa shape index (κ2) is 17.2. The van der Waals surface area contributed by atoms with E-state index in [1.54, 1.807) is 0 Å². The molecule has 5 atom stereocenters. The van der Waals surface area contributed by atoms with Gasteiger partial charge >= 0.3 is 5.97 Å². The Morgan fingerprint density at radius 2 is 1.47 bits per heavy atom. The molecule has 0 aromatic heterocycles. The zero-order valence-electron chi connectivity index (χ0n) is 20.2. The summed E-state index contributed by atoms with van der Waals surface area (Å²) in [6, 6.07) is -0.628. The molecule has 0 bridgehead atoms. The fourth-order valence-corrected chi connectivity index (χ4v) is 3.40. The van der Waals surface area contributed by atoms with Crippen LogP contribution in [0.1, 0.15) is 72.6 Å². The summed E-state index contributed by atoms with van der Waals surface area (Å²) in [7, 11) is 0. The normalized spacial score (nSPS) is 25.6. The van der Waals surface area contributed by atoms with Crippen LogP contribution in [0.25, 0.3) is 0 Å². The number of hydrogen-bond donors (Lipinski definition) is 2. The summed E-state index contributed by atoms with van der Waals surface area (Å²) >= 11 is 0. The highest BCUT2D eigenvalue weighted by Crippen LogP contribution is 2.28. The van der Waals surface area contributed by atoms with Crippen molar-refractivity contribution in [3.63, 3.8) is 0 Å². The van der Waals surface area contributed by atoms with E-state index in [2.05, 4.69) is 26.1 Å². The van der Waals surface area contributed by atoms with E-state index in [1.807, 2.05) is 0 Å². The van der Waals surface area contributed by atoms with Gasteiger partial charge in [-0.25, -0.2) is 0 Å². The number of unbranched alkanes of at least 4 members (excludes halogenated alkanes) is 3. The van der Waals surface area contributed by atoms with E-state index < -0.39 is 36.6 Å². The minimum absolute atomic E-state index is 0.0392. The Labute approximate surface area is 192 Å². The number of rotatable bonds is 18. The van der Waals surface area contributed by atoms with Gasteiger partial charge in [-0.05, 0) is 19.3 Å². The second-order valence-corrected chi connectivity index (χ2v) is 8.09. The third-order valence-electron chi connectivity index (χ3n) is 5.16. The number of carboxylic acid groups (broad SMARTS) is 1. The van der Waals surface area contributed by atoms with Crippen LogP contribution in [0.5, 0.6) is 0 Å². The molecule has 1 heterocycles. The molecule has 188 valence electrons. The zero-order valence-corrected chi connectivity index (χ0v) is 20.2. The lowest BCUT2D eigenvalue weighted by atomic mass is 9.96. The first-order valence-corrected chi connectivity index (χ1v) is 12.0. The number of ether oxygens (including phenoxy) is 5. The van der Waals surface area contributed by atoms with Gasteiger partial charge in [0, 0.05) is 26.7 Å². The van der Waals surface area contributed by atoms with Crippen molar-refractivity contribution in [2.24, 2.45) is 0 Å². The van der Waals surface area contributed by atoms with Crippen LogP contribution in [0.4, 0.5) is 0 Å². The first kappa shape index (κ1) is 28.8. The maximum absolute atomic E-state index is 12.0. The Hall–Kier alpha value is -1.26. The molecule has 1 rings (SSSR count). The Kier molecular flexibility index (Phi) is 15.5. The largest absolute Gasteiger partial charge is 0.481 e. The topological polar surface area (TPSA) is 113 Å². The maximum Gasteiger partial charge on any atom is 0.305 e. The first-order valence-electron chi connectivity index (χ1n) is 12.0. The van der Waals surface area contributed by atoms with Gasteiger partial charge < -0.3 is 34.1 Å². The highest BCUT2D eigenvalue weighted by Gasteiger charge is 2.48. The average molecular weight is 462 g/mol. The van der Waals surface area contributed by atoms with E-state index in [9.17, 15) is 9.59 Å². The van der Waals surface area contributed by atoms with Gasteiger partial charge in [-0.1, -0.05) is 40.0 Å². The fraction of sp³-hybridized carbons (Fsp3) is 0.913. The molecule has 0 aromatic carbocycles. The first-order chi connectivity index (χ1) is 15.4. The quantitative estimate of drug-likeness (QED) is 0.300. The smallest absolute Gasteiger partial charge is 0.305 e. The van der Waals surface area contributed by atoms with Crippen LogP contribution < -0.4 is 5.32 Å². The molecule has 1 amide bonds. The van der Waals surface area contributed by atoms with Crippen LogP contribution in [0.2, 0.25) is 0 Å². The highest BCUT2D eigenvalue weighted by atomic mass is 16.7. The molecule has 2 N–H and O–H groups in total. The van der Waals surface area contributed by atoms with Crippen LogP contribution in [-0.2, 0) is 33.3 Å². The van der Waals surface area contributed by atoms with Crippen LogP contribution in [0.15, 0.2) is 0 Å². The van der Waals surface area contributed by atoms with Gasteiger partial charge in [0.25, 0.3) is 0 Å². The molecule has 3 unspecified atom stereocenters. The van der Waals surface area contributed by atoms with Crippen LogP contribution >= 0.6 is 0 Å². The predicted octanol–water partition coefficient (Wildman–Crippen LogP) is 2.89. The number of amides is 1. The number of carbonyl (C=O) groups excluding carboxylic acids is 1. The third kappa shape index (κ3) is 11.0. The van der Waals surface area contributed by atoms with Crippen LogP contribution in [0.3, 0.4) is 0 Å². The fourth-order valence-electron chi connectivity index (χ4n) is 3.40. The van der Waals surface area contributed by atoms with Crippen molar-refractivity contribution >= 4 is 11.9 Å². The molecular formula is C23H43NO8. The van der Waals surface area contributed by atoms with Crippen molar-refractivity contribution in [2.75, 3.05) is 33.0 Å². The SMILES string of the molecule is CCCCOCC1O[C@@H](OCCC(=O)O)C(NC(C)=O)C(OCCCC)[C@H]1OCCCC. The zero-order chi connectivity index (χ0) is 23.8. The summed E-state index contributed by atoms with van der Waals surface area (Å²) in [5.41, 5.74) is 0. The van der Waals surface area contributed by atoms with E-state index >= 15 is 0 Å². The van der Waals surface area contributed by atoms with Gasteiger partial charge in [0.05, 0.1) is 19.6 Å². The van der Waals surface area contributed by atoms with Crippen molar-refractivity contribution in [1.29, 1.82) is 0 Å². The van der Waals surface area contributed by atoms with E-state index in [4.69, 9.17) is 28.8 Å². The third-order valence-corrected chi connectivity index (χ3v) is 5.16. The highest BCUT2D eigenvalue weighted by molar-refractivity contribution is 5.73. The van der Waals surface area contributed by atoms with Crippen molar-refractivity contribution in [3.05, 3.63) is 0 Å². The molecule has 1 saturated heterocycles. The van der Waals surface area contributed by atoms with Gasteiger partial charge in [-0.3, -0.25) is 9.59 Å². The van der Waals surface area contributed by atoms with Crippen molar-refractivity contribution in [2.45, 2.75) is 103 Å². The Morgan fingerprint density at radius 3 is 2.03 bits per heavy atom. The molecular weight excluding hydrogens is 418 g/mol. The van der Waals surface area contributed by atoms with Crippen molar-refractivity contribution in [1.82, 2.24) is 5.32 Å². The molecule has 9 heteroatoms. The molecule has 1 fully saturated rings. The van der Waals surface area contributed by atoms with Gasteiger partial charge in [-0.2, -0.15) is 0 Å². The van der Waals surface area contributed by atoms with Crippen molar-refractivity contribution in [3.8, 4) is 0 Å². The minimum atomic E-state index is -0.965. The molecule has 0 spiro atoms. The standard InChI is InChI=1S/C23H43NO8/c1-5-8-12-28-16-18-21(29-13-9-6-2)22(30-14-10-7-3)20(24-17(4)25)23(32-18)31-15-11-19(26)27/h18,20-23H,5-16H2,1-4H3,(H,24,25)(H,26,27)/t18?,20?,21-,22?,23+/m0/s1.